The van der Waals surface area contributed by atoms with Gasteiger partial charge in [0, 0.05) is 25.6 Å². The van der Waals surface area contributed by atoms with Crippen LogP contribution in [0.4, 0.5) is 4.79 Å². The molecule has 1 aliphatic rings. The van der Waals surface area contributed by atoms with E-state index in [1.807, 2.05) is 29.2 Å². The number of piperidine rings is 1. The molecule has 0 atom stereocenters. The van der Waals surface area contributed by atoms with Gasteiger partial charge in [-0.05, 0) is 49.1 Å². The maximum Gasteiger partial charge on any atom is 0.317 e. The minimum Gasteiger partial charge on any atom is -0.497 e. The van der Waals surface area contributed by atoms with Crippen molar-refractivity contribution < 1.29 is 18.4 Å². The third-order valence-electron chi connectivity index (χ3n) is 5.15. The Kier molecular flexibility index (Phi) is 5.79. The van der Waals surface area contributed by atoms with E-state index in [1.165, 1.54) is 0 Å². The number of ether oxygens (including phenoxy) is 1. The average Bonchev–Trinajstić information content (AvgIpc) is 3.46. The molecule has 3 aromatic rings. The third kappa shape index (κ3) is 4.59. The lowest BCUT2D eigenvalue weighted by atomic mass is 9.97. The van der Waals surface area contributed by atoms with Gasteiger partial charge in [0.05, 0.1) is 13.4 Å². The number of amides is 2. The fraction of sp³-hybridized carbons (Fsp3) is 0.381. The van der Waals surface area contributed by atoms with Gasteiger partial charge in [-0.2, -0.15) is 0 Å². The first kappa shape index (κ1) is 19.0. The van der Waals surface area contributed by atoms with Crippen LogP contribution in [-0.4, -0.2) is 47.9 Å². The van der Waals surface area contributed by atoms with Crippen molar-refractivity contribution in [2.24, 2.45) is 0 Å². The van der Waals surface area contributed by atoms with Crippen LogP contribution in [0.2, 0.25) is 0 Å². The molecule has 0 aliphatic carbocycles. The highest BCUT2D eigenvalue weighted by atomic mass is 16.5. The number of hydrogen-bond donors (Lipinski definition) is 1. The third-order valence-corrected chi connectivity index (χ3v) is 5.15. The van der Waals surface area contributed by atoms with E-state index in [1.54, 1.807) is 25.5 Å². The van der Waals surface area contributed by atoms with Crippen LogP contribution in [0, 0.1) is 0 Å². The van der Waals surface area contributed by atoms with Gasteiger partial charge in [0.25, 0.3) is 5.89 Å². The molecule has 1 saturated heterocycles. The van der Waals surface area contributed by atoms with Crippen molar-refractivity contribution in [2.75, 3.05) is 26.7 Å². The Bertz CT molecular complexity index is 913. The highest BCUT2D eigenvalue weighted by Gasteiger charge is 2.27. The molecular weight excluding hydrogens is 372 g/mol. The summed E-state index contributed by atoms with van der Waals surface area (Å²) >= 11 is 0. The van der Waals surface area contributed by atoms with Crippen molar-refractivity contribution >= 4 is 6.03 Å². The average molecular weight is 396 g/mol. The molecule has 8 nitrogen and oxygen atoms in total. The molecule has 2 amide bonds. The summed E-state index contributed by atoms with van der Waals surface area (Å²) in [4.78, 5) is 14.3. The van der Waals surface area contributed by atoms with Crippen LogP contribution in [-0.2, 0) is 6.42 Å². The molecule has 152 valence electrons. The molecule has 3 heterocycles. The Morgan fingerprint density at radius 3 is 2.69 bits per heavy atom. The van der Waals surface area contributed by atoms with Crippen LogP contribution in [0.25, 0.3) is 11.7 Å². The summed E-state index contributed by atoms with van der Waals surface area (Å²) in [6.45, 7) is 1.93. The molecule has 0 radical (unpaired) electrons. The minimum atomic E-state index is -0.0289. The smallest absolute Gasteiger partial charge is 0.317 e. The summed E-state index contributed by atoms with van der Waals surface area (Å²) in [5.41, 5.74) is 1.16. The fourth-order valence-corrected chi connectivity index (χ4v) is 3.45. The maximum atomic E-state index is 12.4. The molecule has 1 aliphatic heterocycles. The summed E-state index contributed by atoms with van der Waals surface area (Å²) < 4.78 is 16.2. The van der Waals surface area contributed by atoms with Crippen LogP contribution >= 0.6 is 0 Å². The molecule has 2 aromatic heterocycles. The van der Waals surface area contributed by atoms with Crippen molar-refractivity contribution in [3.63, 3.8) is 0 Å². The number of furan rings is 1. The van der Waals surface area contributed by atoms with E-state index in [-0.39, 0.29) is 11.9 Å². The van der Waals surface area contributed by atoms with Crippen molar-refractivity contribution in [3.05, 3.63) is 54.1 Å². The number of nitrogens with zero attached hydrogens (tertiary/aromatic N) is 3. The van der Waals surface area contributed by atoms with Crippen molar-refractivity contribution in [2.45, 2.75) is 25.2 Å². The number of rotatable bonds is 6. The largest absolute Gasteiger partial charge is 0.497 e. The fourth-order valence-electron chi connectivity index (χ4n) is 3.45. The van der Waals surface area contributed by atoms with Crippen LogP contribution in [0.3, 0.4) is 0 Å². The van der Waals surface area contributed by atoms with Crippen LogP contribution in [0.15, 0.2) is 51.5 Å². The molecule has 0 spiro atoms. The van der Waals surface area contributed by atoms with Gasteiger partial charge in [0.1, 0.15) is 5.75 Å². The van der Waals surface area contributed by atoms with E-state index >= 15 is 0 Å². The van der Waals surface area contributed by atoms with Crippen molar-refractivity contribution in [1.82, 2.24) is 20.4 Å². The van der Waals surface area contributed by atoms with Gasteiger partial charge in [0.2, 0.25) is 5.89 Å². The monoisotopic (exact) mass is 396 g/mol. The van der Waals surface area contributed by atoms with E-state index in [0.717, 1.165) is 30.6 Å². The second kappa shape index (κ2) is 8.81. The number of hydrogen-bond acceptors (Lipinski definition) is 6. The van der Waals surface area contributed by atoms with Crippen molar-refractivity contribution in [3.8, 4) is 17.4 Å². The minimum absolute atomic E-state index is 0.0289. The van der Waals surface area contributed by atoms with Crippen molar-refractivity contribution in [1.29, 1.82) is 0 Å². The Hall–Kier alpha value is -3.29. The van der Waals surface area contributed by atoms with Gasteiger partial charge in [-0.25, -0.2) is 4.79 Å². The Morgan fingerprint density at radius 2 is 2.00 bits per heavy atom. The van der Waals surface area contributed by atoms with Gasteiger partial charge < -0.3 is 23.8 Å². The molecular formula is C21H24N4O4. The normalized spacial score (nSPS) is 14.7. The number of benzene rings is 1. The van der Waals surface area contributed by atoms with E-state index in [9.17, 15) is 4.79 Å². The number of urea groups is 1. The Morgan fingerprint density at radius 1 is 1.21 bits per heavy atom. The number of carbonyl (C=O) groups excluding carboxylic acids is 1. The Labute approximate surface area is 168 Å². The molecule has 8 heteroatoms. The second-order valence-corrected chi connectivity index (χ2v) is 7.01. The van der Waals surface area contributed by atoms with E-state index in [0.29, 0.717) is 37.2 Å². The zero-order valence-corrected chi connectivity index (χ0v) is 16.3. The summed E-state index contributed by atoms with van der Waals surface area (Å²) in [5.74, 6) is 2.56. The number of carbonyl (C=O) groups is 1. The summed E-state index contributed by atoms with van der Waals surface area (Å²) in [7, 11) is 1.65. The summed E-state index contributed by atoms with van der Waals surface area (Å²) in [6.07, 6.45) is 3.95. The number of methoxy groups -OCH3 is 1. The zero-order chi connectivity index (χ0) is 20.1. The van der Waals surface area contributed by atoms with Crippen LogP contribution < -0.4 is 10.1 Å². The van der Waals surface area contributed by atoms with E-state index in [4.69, 9.17) is 13.6 Å². The molecule has 29 heavy (non-hydrogen) atoms. The Balaban J connectivity index is 1.22. The summed E-state index contributed by atoms with van der Waals surface area (Å²) in [5, 5.41) is 11.2. The standard InChI is InChI=1S/C21H24N4O4/c1-27-17-6-4-15(5-7-17)8-11-22-21(26)25-12-9-16(10-13-25)19-23-24-20(29-19)18-3-2-14-28-18/h2-7,14,16H,8-13H2,1H3,(H,22,26). The quantitative estimate of drug-likeness (QED) is 0.686. The molecule has 1 aromatic carbocycles. The predicted octanol–water partition coefficient (Wildman–Crippen LogP) is 3.47. The lowest BCUT2D eigenvalue weighted by Crippen LogP contribution is -2.44. The first-order chi connectivity index (χ1) is 14.2. The SMILES string of the molecule is COc1ccc(CCNC(=O)N2CCC(c3nnc(-c4ccco4)o3)CC2)cc1. The first-order valence-corrected chi connectivity index (χ1v) is 9.76. The highest BCUT2D eigenvalue weighted by Crippen LogP contribution is 2.29. The van der Waals surface area contributed by atoms with Gasteiger partial charge in [-0.1, -0.05) is 12.1 Å². The summed E-state index contributed by atoms with van der Waals surface area (Å²) in [6, 6.07) is 11.4. The maximum absolute atomic E-state index is 12.4. The molecule has 1 fully saturated rings. The molecule has 1 N–H and O–H groups in total. The van der Waals surface area contributed by atoms with Gasteiger partial charge >= 0.3 is 6.03 Å². The second-order valence-electron chi connectivity index (χ2n) is 7.01. The number of likely N-dealkylation sites (tertiary alicyclic amines) is 1. The van der Waals surface area contributed by atoms with Gasteiger partial charge in [-0.15, -0.1) is 10.2 Å². The van der Waals surface area contributed by atoms with E-state index in [2.05, 4.69) is 15.5 Å². The topological polar surface area (TPSA) is 93.6 Å². The molecule has 0 saturated carbocycles. The first-order valence-electron chi connectivity index (χ1n) is 9.76. The van der Waals surface area contributed by atoms with Gasteiger partial charge in [0.15, 0.2) is 5.76 Å². The number of aromatic nitrogens is 2. The van der Waals surface area contributed by atoms with E-state index < -0.39 is 0 Å². The lowest BCUT2D eigenvalue weighted by Gasteiger charge is -2.30. The van der Waals surface area contributed by atoms with Crippen LogP contribution in [0.1, 0.15) is 30.2 Å². The molecule has 0 unspecified atom stereocenters. The molecule has 4 rings (SSSR count). The van der Waals surface area contributed by atoms with Gasteiger partial charge in [-0.3, -0.25) is 0 Å². The highest BCUT2D eigenvalue weighted by molar-refractivity contribution is 5.74. The molecule has 0 bridgehead atoms. The lowest BCUT2D eigenvalue weighted by molar-refractivity contribution is 0.177. The van der Waals surface area contributed by atoms with Crippen LogP contribution in [0.5, 0.6) is 5.75 Å². The zero-order valence-electron chi connectivity index (χ0n) is 16.3. The number of nitrogens with one attached hydrogen (secondary N) is 1. The predicted molar refractivity (Wildman–Crippen MR) is 106 cm³/mol.